The van der Waals surface area contributed by atoms with Gasteiger partial charge in [-0.05, 0) is 18.0 Å². The minimum Gasteiger partial charge on any atom is -0.387 e. The molecular weight excluding hydrogens is 508 g/mol. The third kappa shape index (κ3) is 5.72. The third-order valence-corrected chi connectivity index (χ3v) is 8.71. The molecule has 184 valence electrons. The van der Waals surface area contributed by atoms with E-state index in [-0.39, 0.29) is 22.7 Å². The highest BCUT2D eigenvalue weighted by molar-refractivity contribution is 7.70. The maximum absolute atomic E-state index is 11.9. The van der Waals surface area contributed by atoms with Crippen LogP contribution in [0.3, 0.4) is 0 Å². The topological polar surface area (TPSA) is 218 Å². The molecule has 2 aliphatic rings. The second kappa shape index (κ2) is 9.44. The van der Waals surface area contributed by atoms with E-state index in [9.17, 15) is 24.2 Å². The van der Waals surface area contributed by atoms with E-state index >= 15 is 0 Å². The van der Waals surface area contributed by atoms with E-state index in [0.29, 0.717) is 19.0 Å². The number of aliphatic hydroxyl groups excluding tert-OH is 2. The summed E-state index contributed by atoms with van der Waals surface area (Å²) in [5.74, 6) is -1.05. The molecule has 2 aliphatic heterocycles. The molecular formula is C15H22ClN5O10P2. The maximum atomic E-state index is 11.9. The van der Waals surface area contributed by atoms with Crippen LogP contribution in [0, 0.1) is 0 Å². The molecule has 4 heterocycles. The van der Waals surface area contributed by atoms with E-state index in [1.54, 1.807) is 0 Å². The summed E-state index contributed by atoms with van der Waals surface area (Å²) >= 11 is 6.05. The Labute approximate surface area is 191 Å². The molecule has 2 fully saturated rings. The number of halogens is 1. The van der Waals surface area contributed by atoms with E-state index in [1.165, 1.54) is 10.7 Å². The van der Waals surface area contributed by atoms with Crippen molar-refractivity contribution in [2.24, 2.45) is 0 Å². The number of rotatable bonds is 8. The van der Waals surface area contributed by atoms with Gasteiger partial charge in [-0.3, -0.25) is 9.13 Å². The van der Waals surface area contributed by atoms with Crippen LogP contribution in [-0.2, 0) is 23.1 Å². The smallest absolute Gasteiger partial charge is 0.340 e. The zero-order chi connectivity index (χ0) is 24.0. The number of fused-ring (bicyclic) bond motifs is 1. The third-order valence-electron chi connectivity index (χ3n) is 5.09. The summed E-state index contributed by atoms with van der Waals surface area (Å²) < 4.78 is 39.8. The van der Waals surface area contributed by atoms with Gasteiger partial charge in [0.05, 0.1) is 31.1 Å². The fourth-order valence-electron chi connectivity index (χ4n) is 3.60. The first-order valence-electron chi connectivity index (χ1n) is 9.71. The fourth-order valence-corrected chi connectivity index (χ4v) is 6.33. The largest absolute Gasteiger partial charge is 0.387 e. The van der Waals surface area contributed by atoms with Crippen LogP contribution in [0.15, 0.2) is 6.20 Å². The van der Waals surface area contributed by atoms with Crippen LogP contribution in [0.1, 0.15) is 18.2 Å². The van der Waals surface area contributed by atoms with Crippen molar-refractivity contribution >= 4 is 38.3 Å². The van der Waals surface area contributed by atoms with Crippen molar-refractivity contribution in [1.82, 2.24) is 19.6 Å². The predicted octanol–water partition coefficient (Wildman–Crippen LogP) is -0.523. The lowest BCUT2D eigenvalue weighted by atomic mass is 10.1. The fraction of sp³-hybridized carbons (Fsp3) is 0.667. The molecule has 0 radical (unpaired) electrons. The number of aromatic nitrogens is 4. The van der Waals surface area contributed by atoms with Gasteiger partial charge in [0.2, 0.25) is 5.28 Å². The molecule has 0 aliphatic carbocycles. The molecule has 2 aromatic heterocycles. The zero-order valence-corrected chi connectivity index (χ0v) is 19.4. The van der Waals surface area contributed by atoms with Crippen LogP contribution in [0.5, 0.6) is 0 Å². The summed E-state index contributed by atoms with van der Waals surface area (Å²) in [5.41, 5.74) is 0.504. The van der Waals surface area contributed by atoms with Gasteiger partial charge in [0.15, 0.2) is 17.4 Å². The first-order chi connectivity index (χ1) is 15.4. The molecule has 1 unspecified atom stereocenters. The molecule has 33 heavy (non-hydrogen) atoms. The van der Waals surface area contributed by atoms with E-state index in [4.69, 9.17) is 35.4 Å². The highest BCUT2D eigenvalue weighted by Crippen LogP contribution is 2.55. The minimum absolute atomic E-state index is 0.00101. The lowest BCUT2D eigenvalue weighted by Crippen LogP contribution is -2.33. The first kappa shape index (κ1) is 24.9. The van der Waals surface area contributed by atoms with Gasteiger partial charge >= 0.3 is 15.2 Å². The lowest BCUT2D eigenvalue weighted by molar-refractivity contribution is -0.0204. The second-order valence-electron chi connectivity index (χ2n) is 7.67. The number of nitrogens with zero attached hydrogens (tertiary/aromatic N) is 4. The molecule has 2 aromatic rings. The minimum atomic E-state index is -4.82. The second-order valence-corrected chi connectivity index (χ2v) is 12.0. The van der Waals surface area contributed by atoms with E-state index in [1.807, 2.05) is 0 Å². The van der Waals surface area contributed by atoms with E-state index in [2.05, 4.69) is 20.4 Å². The molecule has 6 atom stereocenters. The van der Waals surface area contributed by atoms with Crippen LogP contribution >= 0.6 is 26.8 Å². The zero-order valence-electron chi connectivity index (χ0n) is 16.8. The standard InChI is InChI=1S/C15H22ClN5O10P2/c16-15-19-13(18-7-1-2-29-4-7)14-17-3-8(21(14)20-15)12-11(23)10(22)9(31-12)5-30-33(27,28)6-32(24,25)26/h3,7,9-12,22-23H,1-2,4-6H2,(H,27,28)(H,18,19,20)(H2,24,25,26)/t7-,9-,10-,11-,12+/m1/s1. The Kier molecular flexibility index (Phi) is 7.12. The van der Waals surface area contributed by atoms with Crippen LogP contribution < -0.4 is 5.32 Å². The Morgan fingerprint density at radius 2 is 2.03 bits per heavy atom. The Bertz CT molecular complexity index is 1110. The van der Waals surface area contributed by atoms with Crippen molar-refractivity contribution in [1.29, 1.82) is 0 Å². The van der Waals surface area contributed by atoms with Crippen molar-refractivity contribution in [3.05, 3.63) is 17.2 Å². The molecule has 0 spiro atoms. The summed E-state index contributed by atoms with van der Waals surface area (Å²) in [6, 6.07) is -0.00101. The van der Waals surface area contributed by atoms with E-state index < -0.39 is 52.1 Å². The van der Waals surface area contributed by atoms with Crippen molar-refractivity contribution in [2.75, 3.05) is 31.0 Å². The highest BCUT2D eigenvalue weighted by Gasteiger charge is 2.46. The van der Waals surface area contributed by atoms with Gasteiger partial charge in [-0.1, -0.05) is 0 Å². The Hall–Kier alpha value is -1.22. The molecule has 6 N–H and O–H groups in total. The molecule has 0 amide bonds. The number of anilines is 1. The van der Waals surface area contributed by atoms with E-state index in [0.717, 1.165) is 6.42 Å². The SMILES string of the molecule is O=P(O)(O)CP(=O)(O)OC[C@H]1O[C@@H](c2cnc3c(N[C@@H]4CCOC4)nc(Cl)nn23)[C@H](O)[C@@H]1O. The molecule has 4 rings (SSSR count). The monoisotopic (exact) mass is 529 g/mol. The highest BCUT2D eigenvalue weighted by atomic mass is 35.5. The van der Waals surface area contributed by atoms with Gasteiger partial charge in [-0.2, -0.15) is 4.98 Å². The van der Waals surface area contributed by atoms with Crippen molar-refractivity contribution in [2.45, 2.75) is 36.9 Å². The number of hydrogen-bond donors (Lipinski definition) is 6. The Morgan fingerprint density at radius 3 is 2.70 bits per heavy atom. The van der Waals surface area contributed by atoms with Gasteiger partial charge < -0.3 is 44.2 Å². The number of imidazole rings is 1. The normalized spacial score (nSPS) is 30.1. The first-order valence-corrected chi connectivity index (χ1v) is 13.7. The van der Waals surface area contributed by atoms with Gasteiger partial charge in [-0.15, -0.1) is 5.10 Å². The number of nitrogens with one attached hydrogen (secondary N) is 1. The molecule has 18 heteroatoms. The van der Waals surface area contributed by atoms with Crippen LogP contribution in [0.4, 0.5) is 5.82 Å². The summed E-state index contributed by atoms with van der Waals surface area (Å²) in [4.78, 5) is 35.8. The lowest BCUT2D eigenvalue weighted by Gasteiger charge is -2.18. The van der Waals surface area contributed by atoms with Gasteiger partial charge in [0.1, 0.15) is 24.4 Å². The molecule has 2 saturated heterocycles. The molecule has 0 saturated carbocycles. The number of ether oxygens (including phenoxy) is 2. The Balaban J connectivity index is 1.53. The number of hydrogen-bond acceptors (Lipinski definition) is 11. The van der Waals surface area contributed by atoms with Gasteiger partial charge in [0.25, 0.3) is 0 Å². The van der Waals surface area contributed by atoms with Crippen molar-refractivity contribution in [3.63, 3.8) is 0 Å². The predicted molar refractivity (Wildman–Crippen MR) is 111 cm³/mol. The van der Waals surface area contributed by atoms with Crippen molar-refractivity contribution < 1.29 is 48.0 Å². The van der Waals surface area contributed by atoms with Gasteiger partial charge in [-0.25, -0.2) is 9.50 Å². The molecule has 0 aromatic carbocycles. The number of aliphatic hydroxyl groups is 2. The average Bonchev–Trinajstić information content (AvgIpc) is 3.40. The molecule has 0 bridgehead atoms. The van der Waals surface area contributed by atoms with Crippen molar-refractivity contribution in [3.8, 4) is 0 Å². The van der Waals surface area contributed by atoms with Gasteiger partial charge in [0, 0.05) is 6.61 Å². The summed E-state index contributed by atoms with van der Waals surface area (Å²) in [6.45, 7) is 0.380. The van der Waals surface area contributed by atoms with Crippen LogP contribution in [-0.4, -0.2) is 94.6 Å². The average molecular weight is 530 g/mol. The summed E-state index contributed by atoms with van der Waals surface area (Å²) in [6.07, 6.45) is -3.37. The summed E-state index contributed by atoms with van der Waals surface area (Å²) in [5, 5.41) is 28.0. The Morgan fingerprint density at radius 1 is 1.27 bits per heavy atom. The summed E-state index contributed by atoms with van der Waals surface area (Å²) in [7, 11) is -9.49. The molecule has 15 nitrogen and oxygen atoms in total. The van der Waals surface area contributed by atoms with Crippen LogP contribution in [0.25, 0.3) is 5.65 Å². The maximum Gasteiger partial charge on any atom is 0.340 e. The quantitative estimate of drug-likeness (QED) is 0.237. The van der Waals surface area contributed by atoms with Crippen LogP contribution in [0.2, 0.25) is 5.28 Å².